The maximum atomic E-state index is 12.6. The molecule has 3 aliphatic rings. The second-order valence-electron chi connectivity index (χ2n) is 12.2. The number of nitrogens with two attached hydrogens (primary N) is 2. The van der Waals surface area contributed by atoms with E-state index in [-0.39, 0.29) is 36.2 Å². The Hall–Kier alpha value is -0.810. The van der Waals surface area contributed by atoms with E-state index in [1.54, 1.807) is 0 Å². The largest absolute Gasteiger partial charge is 0.425 e. The molecule has 5 atom stereocenters. The molecule has 0 radical (unpaired) electrons. The van der Waals surface area contributed by atoms with Crippen LogP contribution in [0, 0.1) is 29.6 Å². The molecule has 0 amide bonds. The summed E-state index contributed by atoms with van der Waals surface area (Å²) in [5.74, 6) is 1.78. The summed E-state index contributed by atoms with van der Waals surface area (Å²) in [7, 11) is 0. The Labute approximate surface area is 219 Å². The molecule has 194 valence electrons. The Morgan fingerprint density at radius 2 is 1.79 bits per heavy atom. The van der Waals surface area contributed by atoms with E-state index in [1.165, 1.54) is 48.8 Å². The molecule has 1 aromatic carbocycles. The summed E-state index contributed by atoms with van der Waals surface area (Å²) in [5, 5.41) is 0. The highest BCUT2D eigenvalue weighted by atomic mass is 35.5. The highest BCUT2D eigenvalue weighted by molar-refractivity contribution is 5.85. The molecule has 34 heavy (non-hydrogen) atoms. The van der Waals surface area contributed by atoms with Crippen LogP contribution in [0.1, 0.15) is 95.8 Å². The van der Waals surface area contributed by atoms with E-state index >= 15 is 0 Å². The van der Waals surface area contributed by atoms with Crippen LogP contribution in [0.5, 0.6) is 5.75 Å². The van der Waals surface area contributed by atoms with E-state index in [1.807, 2.05) is 0 Å². The summed E-state index contributed by atoms with van der Waals surface area (Å²) in [5.41, 5.74) is 16.8. The van der Waals surface area contributed by atoms with Crippen molar-refractivity contribution in [2.45, 2.75) is 104 Å². The molecule has 1 aromatic rings. The number of rotatable bonds is 6. The normalized spacial score (nSPS) is 31.7. The van der Waals surface area contributed by atoms with Crippen LogP contribution in [0.15, 0.2) is 12.1 Å². The molecule has 1 unspecified atom stereocenters. The van der Waals surface area contributed by atoms with Crippen molar-refractivity contribution in [2.75, 3.05) is 6.54 Å². The molecule has 0 aromatic heterocycles. The Balaban J connectivity index is 0.00000204. The summed E-state index contributed by atoms with van der Waals surface area (Å²) < 4.78 is 5.77. The van der Waals surface area contributed by atoms with Crippen LogP contribution < -0.4 is 16.2 Å². The molecule has 0 spiro atoms. The predicted octanol–water partition coefficient (Wildman–Crippen LogP) is 6.26. The number of ether oxygens (including phenoxy) is 1. The summed E-state index contributed by atoms with van der Waals surface area (Å²) in [6, 6.07) is 3.62. The number of hydrogen-bond acceptors (Lipinski definition) is 4. The van der Waals surface area contributed by atoms with Crippen LogP contribution in [-0.2, 0) is 16.6 Å². The van der Waals surface area contributed by atoms with Crippen LogP contribution in [0.25, 0.3) is 0 Å². The summed E-state index contributed by atoms with van der Waals surface area (Å²) in [6.45, 7) is 12.9. The SMILES string of the molecule is Cc1cc(OC(=O)[C@@H](N)CCCCN)cc2c1[C@]1(C)CCC3C(C)(C)CCC[C@]3(C)[C@H]1C2.Cl.Cl. The number of carbonyl (C=O) groups is 1. The average molecular weight is 514 g/mol. The lowest BCUT2D eigenvalue weighted by Crippen LogP contribution is -2.55. The smallest absolute Gasteiger partial charge is 0.328 e. The number of benzene rings is 1. The van der Waals surface area contributed by atoms with Crippen LogP contribution in [0.3, 0.4) is 0 Å². The Kier molecular flexibility index (Phi) is 9.23. The van der Waals surface area contributed by atoms with Crippen molar-refractivity contribution < 1.29 is 9.53 Å². The van der Waals surface area contributed by atoms with Gasteiger partial charge in [-0.05, 0) is 115 Å². The second kappa shape index (κ2) is 10.7. The number of esters is 1. The van der Waals surface area contributed by atoms with E-state index < -0.39 is 6.04 Å². The van der Waals surface area contributed by atoms with Crippen LogP contribution in [0.2, 0.25) is 0 Å². The van der Waals surface area contributed by atoms with E-state index in [0.29, 0.717) is 35.5 Å². The van der Waals surface area contributed by atoms with E-state index in [4.69, 9.17) is 16.2 Å². The Morgan fingerprint density at radius 3 is 2.47 bits per heavy atom. The molecule has 4 N–H and O–H groups in total. The van der Waals surface area contributed by atoms with Crippen molar-refractivity contribution in [3.63, 3.8) is 0 Å². The van der Waals surface area contributed by atoms with Crippen LogP contribution >= 0.6 is 24.8 Å². The third-order valence-corrected chi connectivity index (χ3v) is 9.67. The van der Waals surface area contributed by atoms with E-state index in [0.717, 1.165) is 25.2 Å². The van der Waals surface area contributed by atoms with Gasteiger partial charge < -0.3 is 16.2 Å². The van der Waals surface area contributed by atoms with Crippen molar-refractivity contribution >= 4 is 30.8 Å². The Morgan fingerprint density at radius 1 is 1.09 bits per heavy atom. The summed E-state index contributed by atoms with van der Waals surface area (Å²) in [4.78, 5) is 12.6. The topological polar surface area (TPSA) is 78.3 Å². The highest BCUT2D eigenvalue weighted by Gasteiger charge is 2.61. The van der Waals surface area contributed by atoms with E-state index in [9.17, 15) is 4.79 Å². The van der Waals surface area contributed by atoms with Gasteiger partial charge in [0.1, 0.15) is 11.8 Å². The first kappa shape index (κ1) is 29.4. The average Bonchev–Trinajstić information content (AvgIpc) is 3.01. The minimum atomic E-state index is -0.584. The fraction of sp³-hybridized carbons (Fsp3) is 0.750. The molecule has 4 rings (SSSR count). The van der Waals surface area contributed by atoms with Gasteiger partial charge in [0.15, 0.2) is 0 Å². The number of unbranched alkanes of at least 4 members (excludes halogenated alkanes) is 1. The van der Waals surface area contributed by atoms with Crippen LogP contribution in [-0.4, -0.2) is 18.6 Å². The second-order valence-corrected chi connectivity index (χ2v) is 12.2. The van der Waals surface area contributed by atoms with Crippen molar-refractivity contribution in [1.29, 1.82) is 0 Å². The van der Waals surface area contributed by atoms with Crippen LogP contribution in [0.4, 0.5) is 0 Å². The van der Waals surface area contributed by atoms with E-state index in [2.05, 4.69) is 46.8 Å². The third-order valence-electron chi connectivity index (χ3n) is 9.67. The number of hydrogen-bond donors (Lipinski definition) is 2. The minimum Gasteiger partial charge on any atom is -0.425 e. The van der Waals surface area contributed by atoms with Gasteiger partial charge in [-0.15, -0.1) is 24.8 Å². The lowest BCUT2D eigenvalue weighted by Gasteiger charge is -2.61. The van der Waals surface area contributed by atoms with Gasteiger partial charge in [-0.2, -0.15) is 0 Å². The first-order valence-corrected chi connectivity index (χ1v) is 12.8. The zero-order chi connectivity index (χ0) is 23.3. The van der Waals surface area contributed by atoms with Crippen molar-refractivity contribution in [3.05, 3.63) is 28.8 Å². The quantitative estimate of drug-likeness (QED) is 0.268. The van der Waals surface area contributed by atoms with Crippen molar-refractivity contribution in [1.82, 2.24) is 0 Å². The first-order valence-electron chi connectivity index (χ1n) is 12.8. The monoisotopic (exact) mass is 512 g/mol. The molecule has 3 aliphatic carbocycles. The molecule has 0 bridgehead atoms. The van der Waals surface area contributed by atoms with Gasteiger partial charge in [-0.3, -0.25) is 0 Å². The molecule has 0 saturated heterocycles. The molecular formula is C28H46Cl2N2O2. The molecule has 0 heterocycles. The first-order chi connectivity index (χ1) is 15.0. The molecular weight excluding hydrogens is 467 g/mol. The molecule has 2 saturated carbocycles. The van der Waals surface area contributed by atoms with Gasteiger partial charge in [-0.1, -0.05) is 40.5 Å². The molecule has 6 heteroatoms. The number of aryl methyl sites for hydroxylation is 1. The number of halogens is 2. The van der Waals surface area contributed by atoms with Crippen molar-refractivity contribution in [3.8, 4) is 5.75 Å². The summed E-state index contributed by atoms with van der Waals surface area (Å²) in [6.07, 6.45) is 10.1. The van der Waals surface area contributed by atoms with Gasteiger partial charge in [0.25, 0.3) is 0 Å². The van der Waals surface area contributed by atoms with Gasteiger partial charge in [-0.25, -0.2) is 4.79 Å². The zero-order valence-corrected chi connectivity index (χ0v) is 23.4. The minimum absolute atomic E-state index is 0. The lowest BCUT2D eigenvalue weighted by molar-refractivity contribution is -0.136. The number of fused-ring (bicyclic) bond motifs is 5. The maximum Gasteiger partial charge on any atom is 0.328 e. The lowest BCUT2D eigenvalue weighted by atomic mass is 9.43. The van der Waals surface area contributed by atoms with Gasteiger partial charge in [0.05, 0.1) is 0 Å². The predicted molar refractivity (Wildman–Crippen MR) is 145 cm³/mol. The van der Waals surface area contributed by atoms with Gasteiger partial charge >= 0.3 is 5.97 Å². The third kappa shape index (κ3) is 4.90. The summed E-state index contributed by atoms with van der Waals surface area (Å²) >= 11 is 0. The molecule has 4 nitrogen and oxygen atoms in total. The van der Waals surface area contributed by atoms with Gasteiger partial charge in [0, 0.05) is 0 Å². The van der Waals surface area contributed by atoms with Gasteiger partial charge in [0.2, 0.25) is 0 Å². The highest BCUT2D eigenvalue weighted by Crippen LogP contribution is 2.67. The zero-order valence-electron chi connectivity index (χ0n) is 21.7. The fourth-order valence-electron chi connectivity index (χ4n) is 8.31. The molecule has 0 aliphatic heterocycles. The standard InChI is InChI=1S/C28H44N2O2.2ClH/c1-18-15-20(32-25(31)21(30)9-6-7-14-29)16-19-17-23-27(4)12-8-11-26(2,3)22(27)10-13-28(23,5)24(18)19;;/h15-16,21-23H,6-14,17,29-30H2,1-5H3;2*1H/t21-,22?,23+,27-,28+;;/m0../s1. The van der Waals surface area contributed by atoms with Crippen molar-refractivity contribution in [2.24, 2.45) is 34.1 Å². The Bertz CT molecular complexity index is 889. The number of carbonyl (C=O) groups excluding carboxylic acids is 1. The molecule has 2 fully saturated rings. The maximum absolute atomic E-state index is 12.6. The fourth-order valence-corrected chi connectivity index (χ4v) is 8.31.